The summed E-state index contributed by atoms with van der Waals surface area (Å²) in [6, 6.07) is 21.1. The lowest BCUT2D eigenvalue weighted by Crippen LogP contribution is -2.03. The van der Waals surface area contributed by atoms with Crippen LogP contribution >= 0.6 is 23.2 Å². The molecule has 0 spiro atoms. The maximum atomic E-state index is 6.36. The van der Waals surface area contributed by atoms with E-state index in [0.717, 1.165) is 38.7 Å². The van der Waals surface area contributed by atoms with E-state index in [4.69, 9.17) is 33.0 Å². The van der Waals surface area contributed by atoms with Gasteiger partial charge in [0, 0.05) is 45.3 Å². The molecule has 0 saturated heterocycles. The molecule has 0 radical (unpaired) electrons. The first-order valence-electron chi connectivity index (χ1n) is 10.6. The Balaban J connectivity index is 1.54. The average Bonchev–Trinajstić information content (AvgIpc) is 3.52. The minimum atomic E-state index is 0.293. The molecule has 6 aromatic rings. The zero-order valence-corrected chi connectivity index (χ0v) is 19.3. The quantitative estimate of drug-likeness (QED) is 0.274. The zero-order chi connectivity index (χ0) is 23.1. The van der Waals surface area contributed by atoms with E-state index >= 15 is 0 Å². The third kappa shape index (κ3) is 3.67. The van der Waals surface area contributed by atoms with Crippen molar-refractivity contribution in [2.45, 2.75) is 6.61 Å². The van der Waals surface area contributed by atoms with Crippen molar-refractivity contribution in [2.24, 2.45) is 0 Å². The van der Waals surface area contributed by atoms with E-state index in [1.54, 1.807) is 23.4 Å². The third-order valence-electron chi connectivity index (χ3n) is 5.64. The summed E-state index contributed by atoms with van der Waals surface area (Å²) in [4.78, 5) is 8.83. The van der Waals surface area contributed by atoms with Gasteiger partial charge in [-0.15, -0.1) is 0 Å². The highest BCUT2D eigenvalue weighted by Gasteiger charge is 2.18. The van der Waals surface area contributed by atoms with E-state index in [1.165, 1.54) is 0 Å². The van der Waals surface area contributed by atoms with Gasteiger partial charge in [0.05, 0.1) is 22.9 Å². The molecule has 0 aliphatic carbocycles. The molecule has 3 aromatic heterocycles. The summed E-state index contributed by atoms with van der Waals surface area (Å²) < 4.78 is 10.0. The number of fused-ring (bicyclic) bond motifs is 3. The first kappa shape index (κ1) is 20.7. The summed E-state index contributed by atoms with van der Waals surface area (Å²) in [5.74, 6) is 0.583. The minimum Gasteiger partial charge on any atom is -0.472 e. The van der Waals surface area contributed by atoms with Crippen LogP contribution in [0.25, 0.3) is 33.2 Å². The number of hydrogen-bond donors (Lipinski definition) is 0. The summed E-state index contributed by atoms with van der Waals surface area (Å²) in [5.41, 5.74) is 4.32. The van der Waals surface area contributed by atoms with Gasteiger partial charge in [-0.05, 0) is 48.5 Å². The Morgan fingerprint density at radius 3 is 2.50 bits per heavy atom. The number of ether oxygens (including phenoxy) is 1. The fraction of sp³-hybridized carbons (Fsp3) is 0.0385. The second kappa shape index (κ2) is 8.48. The molecule has 34 heavy (non-hydrogen) atoms. The molecular weight excluding hydrogens is 469 g/mol. The summed E-state index contributed by atoms with van der Waals surface area (Å²) in [7, 11) is 0. The molecular formula is C26H17Cl2N5O. The van der Waals surface area contributed by atoms with Gasteiger partial charge in [-0.2, -0.15) is 9.78 Å². The van der Waals surface area contributed by atoms with Gasteiger partial charge in [-0.3, -0.25) is 4.98 Å². The largest absolute Gasteiger partial charge is 0.472 e. The fourth-order valence-corrected chi connectivity index (χ4v) is 4.24. The van der Waals surface area contributed by atoms with E-state index < -0.39 is 0 Å². The van der Waals surface area contributed by atoms with E-state index in [9.17, 15) is 0 Å². The van der Waals surface area contributed by atoms with Crippen LogP contribution in [0.3, 0.4) is 0 Å². The van der Waals surface area contributed by atoms with Crippen molar-refractivity contribution in [3.63, 3.8) is 0 Å². The number of hydrogen-bond acceptors (Lipinski definition) is 4. The van der Waals surface area contributed by atoms with Crippen LogP contribution in [0.4, 0.5) is 0 Å². The minimum absolute atomic E-state index is 0.293. The molecule has 3 heterocycles. The third-order valence-corrected chi connectivity index (χ3v) is 6.26. The Labute approximate surface area is 205 Å². The van der Waals surface area contributed by atoms with E-state index in [1.807, 2.05) is 71.4 Å². The molecule has 0 aliphatic rings. The van der Waals surface area contributed by atoms with Crippen molar-refractivity contribution in [3.05, 3.63) is 107 Å². The summed E-state index contributed by atoms with van der Waals surface area (Å²) >= 11 is 12.5. The molecule has 0 unspecified atom stereocenters. The van der Waals surface area contributed by atoms with Crippen LogP contribution in [-0.2, 0) is 6.61 Å². The van der Waals surface area contributed by atoms with Crippen LogP contribution in [0.2, 0.25) is 10.0 Å². The Morgan fingerprint density at radius 1 is 0.882 bits per heavy atom. The number of rotatable bonds is 5. The maximum Gasteiger partial charge on any atom is 0.226 e. The maximum absolute atomic E-state index is 6.36. The van der Waals surface area contributed by atoms with Crippen molar-refractivity contribution in [2.75, 3.05) is 0 Å². The fourth-order valence-electron chi connectivity index (χ4n) is 3.92. The van der Waals surface area contributed by atoms with Crippen molar-refractivity contribution in [3.8, 4) is 17.3 Å². The molecule has 0 atom stereocenters. The van der Waals surface area contributed by atoms with Gasteiger partial charge < -0.3 is 9.30 Å². The number of nitrogens with zero attached hydrogens (tertiary/aromatic N) is 5. The lowest BCUT2D eigenvalue weighted by atomic mass is 10.1. The van der Waals surface area contributed by atoms with Crippen molar-refractivity contribution < 1.29 is 4.74 Å². The van der Waals surface area contributed by atoms with Gasteiger partial charge in [-0.1, -0.05) is 41.4 Å². The molecule has 0 aliphatic heterocycles. The van der Waals surface area contributed by atoms with Crippen LogP contribution in [0.5, 0.6) is 5.88 Å². The van der Waals surface area contributed by atoms with Crippen molar-refractivity contribution in [1.29, 1.82) is 0 Å². The Kier molecular flexibility index (Phi) is 5.17. The van der Waals surface area contributed by atoms with Crippen LogP contribution in [0.1, 0.15) is 5.56 Å². The standard InChI is InChI=1S/C26H17Cl2N5O/c27-18-5-7-19(8-6-18)33-26(34-15-17-3-1-2-4-23(17)28)22-14-30-24-10-9-20(32-12-11-29-16-32)13-21(24)25(22)31-33/h1-14,16H,15H2. The molecule has 0 bridgehead atoms. The summed E-state index contributed by atoms with van der Waals surface area (Å²) in [6.07, 6.45) is 7.22. The molecule has 6 rings (SSSR count). The smallest absolute Gasteiger partial charge is 0.226 e. The topological polar surface area (TPSA) is 57.8 Å². The van der Waals surface area contributed by atoms with Gasteiger partial charge in [-0.25, -0.2) is 4.98 Å². The highest BCUT2D eigenvalue weighted by atomic mass is 35.5. The summed E-state index contributed by atoms with van der Waals surface area (Å²) in [6.45, 7) is 0.293. The predicted molar refractivity (Wildman–Crippen MR) is 134 cm³/mol. The van der Waals surface area contributed by atoms with E-state index in [0.29, 0.717) is 22.5 Å². The average molecular weight is 486 g/mol. The van der Waals surface area contributed by atoms with E-state index in [2.05, 4.69) is 16.0 Å². The highest BCUT2D eigenvalue weighted by Crippen LogP contribution is 2.34. The molecule has 166 valence electrons. The van der Waals surface area contributed by atoms with Gasteiger partial charge in [0.15, 0.2) is 0 Å². The van der Waals surface area contributed by atoms with Crippen LogP contribution in [-0.4, -0.2) is 24.3 Å². The Hall–Kier alpha value is -3.87. The number of imidazole rings is 1. The van der Waals surface area contributed by atoms with Gasteiger partial charge in [0.25, 0.3) is 0 Å². The number of halogens is 2. The molecule has 8 heteroatoms. The molecule has 3 aromatic carbocycles. The Morgan fingerprint density at radius 2 is 1.71 bits per heavy atom. The number of aromatic nitrogens is 5. The predicted octanol–water partition coefficient (Wildman–Crippen LogP) is 6.65. The molecule has 0 fully saturated rings. The van der Waals surface area contributed by atoms with Crippen LogP contribution in [0, 0.1) is 0 Å². The zero-order valence-electron chi connectivity index (χ0n) is 17.8. The summed E-state index contributed by atoms with van der Waals surface area (Å²) in [5, 5.41) is 7.97. The first-order chi connectivity index (χ1) is 16.7. The van der Waals surface area contributed by atoms with Gasteiger partial charge >= 0.3 is 0 Å². The Bertz CT molecular complexity index is 1630. The molecule has 0 N–H and O–H groups in total. The lowest BCUT2D eigenvalue weighted by Gasteiger charge is -2.11. The number of benzene rings is 3. The SMILES string of the molecule is Clc1ccc(-n2nc3c(cnc4ccc(-n5ccnc5)cc43)c2OCc2ccccc2Cl)cc1. The second-order valence-electron chi connectivity index (χ2n) is 7.77. The molecule has 0 saturated carbocycles. The molecule has 6 nitrogen and oxygen atoms in total. The second-order valence-corrected chi connectivity index (χ2v) is 8.61. The monoisotopic (exact) mass is 485 g/mol. The van der Waals surface area contributed by atoms with Crippen LogP contribution < -0.4 is 4.74 Å². The first-order valence-corrected chi connectivity index (χ1v) is 11.3. The highest BCUT2D eigenvalue weighted by molar-refractivity contribution is 6.31. The van der Waals surface area contributed by atoms with E-state index in [-0.39, 0.29) is 0 Å². The van der Waals surface area contributed by atoms with Crippen molar-refractivity contribution in [1.82, 2.24) is 24.3 Å². The van der Waals surface area contributed by atoms with Crippen molar-refractivity contribution >= 4 is 45.0 Å². The van der Waals surface area contributed by atoms with Gasteiger partial charge in [0.1, 0.15) is 12.1 Å². The number of pyridine rings is 1. The molecule has 0 amide bonds. The van der Waals surface area contributed by atoms with Gasteiger partial charge in [0.2, 0.25) is 5.88 Å². The lowest BCUT2D eigenvalue weighted by molar-refractivity contribution is 0.288. The van der Waals surface area contributed by atoms with Crippen LogP contribution in [0.15, 0.2) is 91.6 Å². The normalized spacial score (nSPS) is 11.4.